The topological polar surface area (TPSA) is 58.2 Å². The van der Waals surface area contributed by atoms with E-state index in [1.807, 2.05) is 0 Å². The van der Waals surface area contributed by atoms with E-state index in [1.165, 1.54) is 48.5 Å². The molecule has 0 aliphatic heterocycles. The largest absolute Gasteiger partial charge is 0.416 e. The molecular weight excluding hydrogens is 400 g/mol. The van der Waals surface area contributed by atoms with Gasteiger partial charge < -0.3 is 10.6 Å². The predicted octanol–water partition coefficient (Wildman–Crippen LogP) is 5.28. The van der Waals surface area contributed by atoms with E-state index in [4.69, 9.17) is 0 Å². The number of hydrogen-bond donors (Lipinski definition) is 2. The molecular formula is C22H16F4N2O2. The Hall–Kier alpha value is -3.68. The van der Waals surface area contributed by atoms with Gasteiger partial charge in [-0.3, -0.25) is 9.59 Å². The van der Waals surface area contributed by atoms with Crippen molar-refractivity contribution in [1.29, 1.82) is 0 Å². The third-order valence-electron chi connectivity index (χ3n) is 4.11. The fraction of sp³-hybridized carbons (Fsp3) is 0.0909. The molecule has 2 N–H and O–H groups in total. The van der Waals surface area contributed by atoms with Crippen LogP contribution in [0.2, 0.25) is 0 Å². The number of carbonyl (C=O) groups is 2. The molecule has 0 spiro atoms. The molecule has 3 aromatic carbocycles. The van der Waals surface area contributed by atoms with Gasteiger partial charge >= 0.3 is 6.18 Å². The number of halogens is 4. The lowest BCUT2D eigenvalue weighted by Gasteiger charge is -2.10. The van der Waals surface area contributed by atoms with Crippen molar-refractivity contribution in [2.24, 2.45) is 0 Å². The molecule has 154 valence electrons. The molecule has 30 heavy (non-hydrogen) atoms. The maximum atomic E-state index is 13.2. The van der Waals surface area contributed by atoms with Crippen molar-refractivity contribution >= 4 is 23.2 Å². The molecule has 0 saturated carbocycles. The fourth-order valence-corrected chi connectivity index (χ4v) is 2.76. The van der Waals surface area contributed by atoms with Gasteiger partial charge in [-0.1, -0.05) is 30.3 Å². The zero-order valence-electron chi connectivity index (χ0n) is 15.5. The highest BCUT2D eigenvalue weighted by Gasteiger charge is 2.30. The Labute approximate surface area is 169 Å². The van der Waals surface area contributed by atoms with Crippen LogP contribution >= 0.6 is 0 Å². The minimum atomic E-state index is -4.49. The molecule has 0 aliphatic rings. The Morgan fingerprint density at radius 2 is 1.47 bits per heavy atom. The molecule has 0 radical (unpaired) electrons. The van der Waals surface area contributed by atoms with Crippen LogP contribution in [-0.2, 0) is 17.4 Å². The smallest absolute Gasteiger partial charge is 0.326 e. The van der Waals surface area contributed by atoms with Gasteiger partial charge in [-0.05, 0) is 48.0 Å². The number of carbonyl (C=O) groups excluding carboxylic acids is 2. The van der Waals surface area contributed by atoms with E-state index in [1.54, 1.807) is 12.1 Å². The number of alkyl halides is 3. The van der Waals surface area contributed by atoms with Gasteiger partial charge in [-0.25, -0.2) is 4.39 Å². The first-order valence-electron chi connectivity index (χ1n) is 8.84. The van der Waals surface area contributed by atoms with Crippen molar-refractivity contribution in [3.8, 4) is 0 Å². The SMILES string of the molecule is O=C(Cc1cccc(C(F)(F)F)c1)Nc1cccc(C(=O)Nc2cccc(F)c2)c1. The van der Waals surface area contributed by atoms with Crippen LogP contribution in [0.5, 0.6) is 0 Å². The Morgan fingerprint density at radius 3 is 2.17 bits per heavy atom. The average molecular weight is 416 g/mol. The van der Waals surface area contributed by atoms with Gasteiger partial charge in [-0.15, -0.1) is 0 Å². The summed E-state index contributed by atoms with van der Waals surface area (Å²) in [6, 6.07) is 15.9. The molecule has 4 nitrogen and oxygen atoms in total. The zero-order chi connectivity index (χ0) is 21.7. The van der Waals surface area contributed by atoms with Crippen molar-refractivity contribution in [3.05, 3.63) is 95.3 Å². The van der Waals surface area contributed by atoms with E-state index >= 15 is 0 Å². The van der Waals surface area contributed by atoms with Gasteiger partial charge in [0.15, 0.2) is 0 Å². The van der Waals surface area contributed by atoms with Crippen LogP contribution < -0.4 is 10.6 Å². The van der Waals surface area contributed by atoms with Crippen LogP contribution in [0, 0.1) is 5.82 Å². The van der Waals surface area contributed by atoms with E-state index < -0.39 is 29.4 Å². The van der Waals surface area contributed by atoms with Crippen molar-refractivity contribution in [3.63, 3.8) is 0 Å². The highest BCUT2D eigenvalue weighted by Crippen LogP contribution is 2.29. The van der Waals surface area contributed by atoms with Gasteiger partial charge in [0.1, 0.15) is 5.82 Å². The molecule has 3 aromatic rings. The third-order valence-corrected chi connectivity index (χ3v) is 4.11. The van der Waals surface area contributed by atoms with E-state index in [2.05, 4.69) is 10.6 Å². The summed E-state index contributed by atoms with van der Waals surface area (Å²) in [6.45, 7) is 0. The van der Waals surface area contributed by atoms with Crippen LogP contribution in [-0.4, -0.2) is 11.8 Å². The highest BCUT2D eigenvalue weighted by atomic mass is 19.4. The number of rotatable bonds is 5. The summed E-state index contributed by atoms with van der Waals surface area (Å²) in [5, 5.41) is 5.10. The van der Waals surface area contributed by atoms with E-state index in [0.717, 1.165) is 12.1 Å². The molecule has 0 unspecified atom stereocenters. The minimum Gasteiger partial charge on any atom is -0.326 e. The summed E-state index contributed by atoms with van der Waals surface area (Å²) in [5.74, 6) is -1.53. The predicted molar refractivity (Wildman–Crippen MR) is 105 cm³/mol. The standard InChI is InChI=1S/C22H16F4N2O2/c23-17-7-3-9-19(13-17)28-21(30)15-5-2-8-18(12-15)27-20(29)11-14-4-1-6-16(10-14)22(24,25)26/h1-10,12-13H,11H2,(H,27,29)(H,28,30). The van der Waals surface area contributed by atoms with Gasteiger partial charge in [0.2, 0.25) is 5.91 Å². The number of anilines is 2. The maximum absolute atomic E-state index is 13.2. The first-order valence-corrected chi connectivity index (χ1v) is 8.84. The summed E-state index contributed by atoms with van der Waals surface area (Å²) in [6.07, 6.45) is -4.75. The molecule has 8 heteroatoms. The zero-order valence-corrected chi connectivity index (χ0v) is 15.5. The van der Waals surface area contributed by atoms with Gasteiger partial charge in [-0.2, -0.15) is 13.2 Å². The first kappa shape index (κ1) is 21.0. The van der Waals surface area contributed by atoms with Crippen molar-refractivity contribution < 1.29 is 27.2 Å². The molecule has 3 rings (SSSR count). The van der Waals surface area contributed by atoms with Crippen LogP contribution in [0.3, 0.4) is 0 Å². The normalized spacial score (nSPS) is 11.1. The van der Waals surface area contributed by atoms with Crippen LogP contribution in [0.15, 0.2) is 72.8 Å². The second-order valence-electron chi connectivity index (χ2n) is 6.47. The van der Waals surface area contributed by atoms with Crippen LogP contribution in [0.4, 0.5) is 28.9 Å². The maximum Gasteiger partial charge on any atom is 0.416 e. The Bertz CT molecular complexity index is 1080. The quantitative estimate of drug-likeness (QED) is 0.556. The highest BCUT2D eigenvalue weighted by molar-refractivity contribution is 6.05. The van der Waals surface area contributed by atoms with Crippen molar-refractivity contribution in [2.45, 2.75) is 12.6 Å². The molecule has 0 aliphatic carbocycles. The third kappa shape index (κ3) is 5.66. The molecule has 2 amide bonds. The molecule has 0 atom stereocenters. The van der Waals surface area contributed by atoms with Gasteiger partial charge in [0.05, 0.1) is 12.0 Å². The average Bonchev–Trinajstić information content (AvgIpc) is 2.67. The molecule has 0 aromatic heterocycles. The summed E-state index contributed by atoms with van der Waals surface area (Å²) >= 11 is 0. The Morgan fingerprint density at radius 1 is 0.800 bits per heavy atom. The first-order chi connectivity index (χ1) is 14.2. The van der Waals surface area contributed by atoms with E-state index in [9.17, 15) is 27.2 Å². The fourth-order valence-electron chi connectivity index (χ4n) is 2.76. The summed E-state index contributed by atoms with van der Waals surface area (Å²) in [7, 11) is 0. The lowest BCUT2D eigenvalue weighted by Crippen LogP contribution is -2.16. The summed E-state index contributed by atoms with van der Waals surface area (Å²) in [5.41, 5.74) is 0.181. The van der Waals surface area contributed by atoms with Crippen molar-refractivity contribution in [2.75, 3.05) is 10.6 Å². The lowest BCUT2D eigenvalue weighted by molar-refractivity contribution is -0.137. The van der Waals surface area contributed by atoms with E-state index in [-0.39, 0.29) is 23.2 Å². The van der Waals surface area contributed by atoms with Gasteiger partial charge in [0.25, 0.3) is 5.91 Å². The van der Waals surface area contributed by atoms with E-state index in [0.29, 0.717) is 5.69 Å². The second kappa shape index (κ2) is 8.77. The number of benzene rings is 3. The number of nitrogens with one attached hydrogen (secondary N) is 2. The Kier molecular flexibility index (Phi) is 6.15. The minimum absolute atomic E-state index is 0.210. The monoisotopic (exact) mass is 416 g/mol. The Balaban J connectivity index is 1.66. The molecule has 0 fully saturated rings. The molecule has 0 bridgehead atoms. The van der Waals surface area contributed by atoms with Crippen LogP contribution in [0.1, 0.15) is 21.5 Å². The number of amides is 2. The van der Waals surface area contributed by atoms with Crippen molar-refractivity contribution in [1.82, 2.24) is 0 Å². The summed E-state index contributed by atoms with van der Waals surface area (Å²) in [4.78, 5) is 24.6. The molecule has 0 saturated heterocycles. The van der Waals surface area contributed by atoms with Gasteiger partial charge in [0, 0.05) is 16.9 Å². The number of hydrogen-bond acceptors (Lipinski definition) is 2. The lowest BCUT2D eigenvalue weighted by atomic mass is 10.1. The van der Waals surface area contributed by atoms with Crippen LogP contribution in [0.25, 0.3) is 0 Å². The second-order valence-corrected chi connectivity index (χ2v) is 6.47. The summed E-state index contributed by atoms with van der Waals surface area (Å²) < 4.78 is 51.6. The molecule has 0 heterocycles.